The van der Waals surface area contributed by atoms with Crippen molar-refractivity contribution >= 4 is 29.1 Å². The van der Waals surface area contributed by atoms with Gasteiger partial charge in [0.05, 0.1) is 6.04 Å². The fourth-order valence-electron chi connectivity index (χ4n) is 3.13. The van der Waals surface area contributed by atoms with Crippen molar-refractivity contribution in [2.24, 2.45) is 5.92 Å². The summed E-state index contributed by atoms with van der Waals surface area (Å²) in [7, 11) is 0. The van der Waals surface area contributed by atoms with Crippen LogP contribution >= 0.6 is 11.6 Å². The summed E-state index contributed by atoms with van der Waals surface area (Å²) < 4.78 is 0. The standard InChI is InChI=1S/C19H19ClN2O2/c1-12(2)22-17(13-7-4-3-5-8-13)16(19(22)24)18(23)21-15-10-6-9-14(20)11-15/h3-12,16-17H,1-2H3,(H,21,23). The minimum Gasteiger partial charge on any atom is -0.331 e. The summed E-state index contributed by atoms with van der Waals surface area (Å²) in [6, 6.07) is 16.4. The van der Waals surface area contributed by atoms with Gasteiger partial charge in [-0.05, 0) is 37.6 Å². The Morgan fingerprint density at radius 3 is 2.46 bits per heavy atom. The van der Waals surface area contributed by atoms with Crippen LogP contribution in [0.2, 0.25) is 5.02 Å². The van der Waals surface area contributed by atoms with Crippen LogP contribution in [0.3, 0.4) is 0 Å². The van der Waals surface area contributed by atoms with Gasteiger partial charge in [-0.1, -0.05) is 48.0 Å². The predicted octanol–water partition coefficient (Wildman–Crippen LogP) is 3.89. The van der Waals surface area contributed by atoms with E-state index in [4.69, 9.17) is 11.6 Å². The molecule has 0 aliphatic carbocycles. The number of rotatable bonds is 4. The lowest BCUT2D eigenvalue weighted by molar-refractivity contribution is -0.164. The molecular weight excluding hydrogens is 324 g/mol. The quantitative estimate of drug-likeness (QED) is 0.677. The van der Waals surface area contributed by atoms with Crippen LogP contribution in [-0.4, -0.2) is 22.8 Å². The number of nitrogens with one attached hydrogen (secondary N) is 1. The zero-order valence-electron chi connectivity index (χ0n) is 13.6. The van der Waals surface area contributed by atoms with Gasteiger partial charge in [0.2, 0.25) is 11.8 Å². The number of anilines is 1. The molecule has 2 unspecified atom stereocenters. The van der Waals surface area contributed by atoms with Gasteiger partial charge >= 0.3 is 0 Å². The van der Waals surface area contributed by atoms with E-state index in [-0.39, 0.29) is 23.9 Å². The second-order valence-corrected chi connectivity index (χ2v) is 6.61. The third-order valence-corrected chi connectivity index (χ3v) is 4.44. The molecule has 1 N–H and O–H groups in total. The fourth-order valence-corrected chi connectivity index (χ4v) is 3.32. The minimum atomic E-state index is -0.714. The van der Waals surface area contributed by atoms with Crippen molar-refractivity contribution in [3.8, 4) is 0 Å². The molecule has 1 aliphatic heterocycles. The number of likely N-dealkylation sites (tertiary alicyclic amines) is 1. The van der Waals surface area contributed by atoms with Crippen LogP contribution in [0.1, 0.15) is 25.5 Å². The molecular formula is C19H19ClN2O2. The average molecular weight is 343 g/mol. The number of hydrogen-bond donors (Lipinski definition) is 1. The molecule has 0 bridgehead atoms. The molecule has 1 saturated heterocycles. The first kappa shape index (κ1) is 16.5. The number of carbonyl (C=O) groups is 2. The number of halogens is 1. The monoisotopic (exact) mass is 342 g/mol. The Hall–Kier alpha value is -2.33. The minimum absolute atomic E-state index is 0.0397. The van der Waals surface area contributed by atoms with Crippen LogP contribution < -0.4 is 5.32 Å². The number of amides is 2. The van der Waals surface area contributed by atoms with Crippen LogP contribution in [0, 0.1) is 5.92 Å². The summed E-state index contributed by atoms with van der Waals surface area (Å²) in [5, 5.41) is 3.34. The Balaban J connectivity index is 1.85. The van der Waals surface area contributed by atoms with Gasteiger partial charge in [0.25, 0.3) is 0 Å². The van der Waals surface area contributed by atoms with Gasteiger partial charge in [0.1, 0.15) is 5.92 Å². The number of nitrogens with zero attached hydrogens (tertiary/aromatic N) is 1. The topological polar surface area (TPSA) is 49.4 Å². The van der Waals surface area contributed by atoms with Crippen molar-refractivity contribution in [1.82, 2.24) is 4.90 Å². The van der Waals surface area contributed by atoms with Gasteiger partial charge in [-0.3, -0.25) is 9.59 Å². The third-order valence-electron chi connectivity index (χ3n) is 4.21. The summed E-state index contributed by atoms with van der Waals surface area (Å²) in [6.45, 7) is 3.91. The predicted molar refractivity (Wildman–Crippen MR) is 94.7 cm³/mol. The lowest BCUT2D eigenvalue weighted by Gasteiger charge is -2.49. The van der Waals surface area contributed by atoms with E-state index in [2.05, 4.69) is 5.32 Å². The summed E-state index contributed by atoms with van der Waals surface area (Å²) >= 11 is 5.95. The van der Waals surface area contributed by atoms with Crippen LogP contribution in [0.25, 0.3) is 0 Å². The highest BCUT2D eigenvalue weighted by molar-refractivity contribution is 6.31. The smallest absolute Gasteiger partial charge is 0.239 e. The van der Waals surface area contributed by atoms with Crippen molar-refractivity contribution < 1.29 is 9.59 Å². The molecule has 2 amide bonds. The van der Waals surface area contributed by atoms with Crippen LogP contribution in [-0.2, 0) is 9.59 Å². The number of carbonyl (C=O) groups excluding carboxylic acids is 2. The van der Waals surface area contributed by atoms with E-state index in [0.29, 0.717) is 10.7 Å². The Morgan fingerprint density at radius 2 is 1.83 bits per heavy atom. The van der Waals surface area contributed by atoms with Gasteiger partial charge in [0.15, 0.2) is 0 Å². The maximum Gasteiger partial charge on any atom is 0.239 e. The second kappa shape index (κ2) is 6.65. The molecule has 1 heterocycles. The highest BCUT2D eigenvalue weighted by Gasteiger charge is 2.53. The first-order valence-corrected chi connectivity index (χ1v) is 8.30. The van der Waals surface area contributed by atoms with Crippen molar-refractivity contribution in [2.45, 2.75) is 25.9 Å². The molecule has 1 aliphatic rings. The number of β-lactam (4-membered cyclic amide) rings is 1. The van der Waals surface area contributed by atoms with E-state index in [9.17, 15) is 9.59 Å². The molecule has 0 saturated carbocycles. The Kier molecular flexibility index (Phi) is 4.58. The van der Waals surface area contributed by atoms with E-state index < -0.39 is 5.92 Å². The van der Waals surface area contributed by atoms with E-state index >= 15 is 0 Å². The number of hydrogen-bond acceptors (Lipinski definition) is 2. The molecule has 24 heavy (non-hydrogen) atoms. The normalized spacial score (nSPS) is 20.0. The van der Waals surface area contributed by atoms with Gasteiger partial charge in [-0.15, -0.1) is 0 Å². The largest absolute Gasteiger partial charge is 0.331 e. The molecule has 4 nitrogen and oxygen atoms in total. The summed E-state index contributed by atoms with van der Waals surface area (Å²) in [6.07, 6.45) is 0. The lowest BCUT2D eigenvalue weighted by atomic mass is 9.80. The van der Waals surface area contributed by atoms with Crippen molar-refractivity contribution in [1.29, 1.82) is 0 Å². The average Bonchev–Trinajstić information content (AvgIpc) is 2.52. The maximum absolute atomic E-state index is 12.7. The highest BCUT2D eigenvalue weighted by atomic mass is 35.5. The Labute approximate surface area is 146 Å². The summed E-state index contributed by atoms with van der Waals surface area (Å²) in [5.74, 6) is -1.15. The first-order chi connectivity index (χ1) is 11.5. The molecule has 2 aromatic carbocycles. The zero-order valence-corrected chi connectivity index (χ0v) is 14.3. The molecule has 5 heteroatoms. The van der Waals surface area contributed by atoms with Crippen LogP contribution in [0.5, 0.6) is 0 Å². The van der Waals surface area contributed by atoms with Gasteiger partial charge in [0, 0.05) is 16.8 Å². The van der Waals surface area contributed by atoms with Crippen molar-refractivity contribution in [3.05, 3.63) is 65.2 Å². The van der Waals surface area contributed by atoms with Gasteiger partial charge in [-0.25, -0.2) is 0 Å². The maximum atomic E-state index is 12.7. The summed E-state index contributed by atoms with van der Waals surface area (Å²) in [4.78, 5) is 27.0. The van der Waals surface area contributed by atoms with Crippen molar-refractivity contribution in [3.63, 3.8) is 0 Å². The van der Waals surface area contributed by atoms with Gasteiger partial charge < -0.3 is 10.2 Å². The second-order valence-electron chi connectivity index (χ2n) is 6.17. The molecule has 1 fully saturated rings. The lowest BCUT2D eigenvalue weighted by Crippen LogP contribution is -2.61. The Morgan fingerprint density at radius 1 is 1.12 bits per heavy atom. The van der Waals surface area contributed by atoms with E-state index in [0.717, 1.165) is 5.56 Å². The first-order valence-electron chi connectivity index (χ1n) is 7.92. The van der Waals surface area contributed by atoms with Crippen LogP contribution in [0.15, 0.2) is 54.6 Å². The molecule has 0 spiro atoms. The molecule has 3 rings (SSSR count). The molecule has 0 aromatic heterocycles. The van der Waals surface area contributed by atoms with Gasteiger partial charge in [-0.2, -0.15) is 0 Å². The van der Waals surface area contributed by atoms with E-state index in [1.54, 1.807) is 29.2 Å². The van der Waals surface area contributed by atoms with Crippen molar-refractivity contribution in [2.75, 3.05) is 5.32 Å². The fraction of sp³-hybridized carbons (Fsp3) is 0.263. The highest BCUT2D eigenvalue weighted by Crippen LogP contribution is 2.42. The van der Waals surface area contributed by atoms with Crippen LogP contribution in [0.4, 0.5) is 5.69 Å². The van der Waals surface area contributed by atoms with E-state index in [1.807, 2.05) is 44.2 Å². The third kappa shape index (κ3) is 3.02. The number of benzene rings is 2. The SMILES string of the molecule is CC(C)N1C(=O)C(C(=O)Nc2cccc(Cl)c2)C1c1ccccc1. The molecule has 2 atom stereocenters. The van der Waals surface area contributed by atoms with E-state index in [1.165, 1.54) is 0 Å². The molecule has 124 valence electrons. The zero-order chi connectivity index (χ0) is 17.3. The molecule has 2 aromatic rings. The molecule has 0 radical (unpaired) electrons. The Bertz CT molecular complexity index is 761. The summed E-state index contributed by atoms with van der Waals surface area (Å²) in [5.41, 5.74) is 1.56.